The van der Waals surface area contributed by atoms with Gasteiger partial charge in [-0.15, -0.1) is 0 Å². The Balaban J connectivity index is 2.44. The molecule has 0 bridgehead atoms. The Morgan fingerprint density at radius 1 is 1.29 bits per heavy atom. The van der Waals surface area contributed by atoms with Crippen molar-refractivity contribution >= 4 is 23.9 Å². The summed E-state index contributed by atoms with van der Waals surface area (Å²) in [6, 6.07) is -0.598. The summed E-state index contributed by atoms with van der Waals surface area (Å²) in [5.41, 5.74) is 0. The third-order valence-electron chi connectivity index (χ3n) is 3.14. The smallest absolute Gasteiger partial charge is 0.324 e. The number of piperidine rings is 1. The molecule has 0 aromatic rings. The first-order valence-electron chi connectivity index (χ1n) is 6.91. The first kappa shape index (κ1) is 16.9. The zero-order valence-corrected chi connectivity index (χ0v) is 12.0. The molecule has 1 saturated heterocycles. The topological polar surface area (TPSA) is 113 Å². The summed E-state index contributed by atoms with van der Waals surface area (Å²) in [4.78, 5) is 46.7. The molecule has 21 heavy (non-hydrogen) atoms. The van der Waals surface area contributed by atoms with E-state index in [0.717, 1.165) is 0 Å². The Kier molecular flexibility index (Phi) is 6.64. The summed E-state index contributed by atoms with van der Waals surface area (Å²) in [6.45, 7) is 2.66. The van der Waals surface area contributed by atoms with E-state index in [1.165, 1.54) is 4.90 Å². The molecule has 8 nitrogen and oxygen atoms in total. The van der Waals surface area contributed by atoms with Crippen LogP contribution in [-0.2, 0) is 19.1 Å². The number of aliphatic carboxylic acids is 1. The largest absolute Gasteiger partial charge is 0.481 e. The third kappa shape index (κ3) is 5.80. The molecule has 0 radical (unpaired) electrons. The van der Waals surface area contributed by atoms with Crippen LogP contribution in [0.4, 0.5) is 4.79 Å². The Labute approximate surface area is 122 Å². The molecule has 1 unspecified atom stereocenters. The van der Waals surface area contributed by atoms with Gasteiger partial charge in [0.1, 0.15) is 0 Å². The molecule has 0 aliphatic carbocycles. The fraction of sp³-hybridized carbons (Fsp3) is 0.692. The molecule has 0 spiro atoms. The van der Waals surface area contributed by atoms with Gasteiger partial charge in [0.2, 0.25) is 5.91 Å². The molecule has 3 amide bonds. The predicted molar refractivity (Wildman–Crippen MR) is 71.3 cm³/mol. The van der Waals surface area contributed by atoms with Crippen molar-refractivity contribution in [2.24, 2.45) is 5.92 Å². The van der Waals surface area contributed by atoms with Gasteiger partial charge in [0.25, 0.3) is 0 Å². The number of carboxylic acid groups (broad SMARTS) is 1. The minimum absolute atomic E-state index is 0.205. The highest BCUT2D eigenvalue weighted by molar-refractivity contribution is 5.95. The molecule has 0 aromatic heterocycles. The average molecular weight is 300 g/mol. The van der Waals surface area contributed by atoms with Gasteiger partial charge in [0.15, 0.2) is 0 Å². The molecule has 1 fully saturated rings. The molecule has 0 aromatic carbocycles. The fourth-order valence-corrected chi connectivity index (χ4v) is 2.10. The summed E-state index contributed by atoms with van der Waals surface area (Å²) < 4.78 is 4.93. The van der Waals surface area contributed by atoms with Crippen LogP contribution in [0.3, 0.4) is 0 Å². The van der Waals surface area contributed by atoms with Crippen LogP contribution in [0.15, 0.2) is 0 Å². The van der Waals surface area contributed by atoms with Gasteiger partial charge in [-0.25, -0.2) is 4.79 Å². The van der Waals surface area contributed by atoms with Crippen LogP contribution in [-0.4, -0.2) is 53.6 Å². The summed E-state index contributed by atoms with van der Waals surface area (Å²) in [7, 11) is 0. The van der Waals surface area contributed by atoms with E-state index in [0.29, 0.717) is 19.4 Å². The van der Waals surface area contributed by atoms with Gasteiger partial charge >= 0.3 is 18.0 Å². The molecule has 1 aliphatic heterocycles. The van der Waals surface area contributed by atoms with E-state index in [9.17, 15) is 19.2 Å². The van der Waals surface area contributed by atoms with Crippen molar-refractivity contribution in [3.8, 4) is 0 Å². The number of imide groups is 1. The number of hydrogen-bond donors (Lipinski definition) is 2. The molecule has 0 saturated carbocycles. The van der Waals surface area contributed by atoms with Gasteiger partial charge < -0.3 is 14.7 Å². The van der Waals surface area contributed by atoms with Crippen LogP contribution in [0.1, 0.15) is 32.6 Å². The number of nitrogens with zero attached hydrogens (tertiary/aromatic N) is 1. The monoisotopic (exact) mass is 300 g/mol. The van der Waals surface area contributed by atoms with Crippen molar-refractivity contribution in [1.29, 1.82) is 0 Å². The first-order valence-corrected chi connectivity index (χ1v) is 6.91. The summed E-state index contributed by atoms with van der Waals surface area (Å²) in [5, 5.41) is 10.6. The van der Waals surface area contributed by atoms with Crippen molar-refractivity contribution in [3.05, 3.63) is 0 Å². The lowest BCUT2D eigenvalue weighted by Gasteiger charge is -2.31. The highest BCUT2D eigenvalue weighted by Gasteiger charge is 2.29. The number of carbonyl (C=O) groups excluding carboxylic acids is 3. The Bertz CT molecular complexity index is 423. The second kappa shape index (κ2) is 8.23. The van der Waals surface area contributed by atoms with E-state index in [1.54, 1.807) is 6.92 Å². The standard InChI is InChI=1S/C13H20N2O6/c1-2-21-12(19)9-4-3-7-15(8-9)13(20)14-10(16)5-6-11(17)18/h9H,2-8H2,1H3,(H,17,18)(H,14,16,20). The van der Waals surface area contributed by atoms with Crippen molar-refractivity contribution in [1.82, 2.24) is 10.2 Å². The van der Waals surface area contributed by atoms with Gasteiger partial charge in [-0.3, -0.25) is 19.7 Å². The van der Waals surface area contributed by atoms with Crippen LogP contribution in [0.2, 0.25) is 0 Å². The number of rotatable bonds is 5. The zero-order valence-electron chi connectivity index (χ0n) is 12.0. The highest BCUT2D eigenvalue weighted by Crippen LogP contribution is 2.17. The summed E-state index contributed by atoms with van der Waals surface area (Å²) >= 11 is 0. The van der Waals surface area contributed by atoms with Crippen LogP contribution < -0.4 is 5.32 Å². The quantitative estimate of drug-likeness (QED) is 0.709. The molecule has 2 N–H and O–H groups in total. The number of amides is 3. The number of urea groups is 1. The van der Waals surface area contributed by atoms with Crippen molar-refractivity contribution in [2.45, 2.75) is 32.6 Å². The molecular formula is C13H20N2O6. The van der Waals surface area contributed by atoms with Gasteiger partial charge in [-0.2, -0.15) is 0 Å². The number of carboxylic acids is 1. The van der Waals surface area contributed by atoms with Crippen molar-refractivity contribution < 1.29 is 29.0 Å². The normalized spacial score (nSPS) is 18.0. The number of nitrogens with one attached hydrogen (secondary N) is 1. The van der Waals surface area contributed by atoms with E-state index in [1.807, 2.05) is 0 Å². The van der Waals surface area contributed by atoms with Crippen molar-refractivity contribution in [2.75, 3.05) is 19.7 Å². The van der Waals surface area contributed by atoms with E-state index in [2.05, 4.69) is 5.32 Å². The molecular weight excluding hydrogens is 280 g/mol. The van der Waals surface area contributed by atoms with Crippen LogP contribution in [0, 0.1) is 5.92 Å². The van der Waals surface area contributed by atoms with E-state index < -0.39 is 17.9 Å². The molecule has 8 heteroatoms. The maximum atomic E-state index is 11.9. The fourth-order valence-electron chi connectivity index (χ4n) is 2.10. The second-order valence-electron chi connectivity index (χ2n) is 4.78. The zero-order chi connectivity index (χ0) is 15.8. The first-order chi connectivity index (χ1) is 9.93. The van der Waals surface area contributed by atoms with Gasteiger partial charge in [-0.05, 0) is 19.8 Å². The minimum atomic E-state index is -1.10. The Morgan fingerprint density at radius 2 is 2.00 bits per heavy atom. The molecule has 1 rings (SSSR count). The number of hydrogen-bond acceptors (Lipinski definition) is 5. The lowest BCUT2D eigenvalue weighted by atomic mass is 9.98. The molecule has 1 atom stereocenters. The van der Waals surface area contributed by atoms with Gasteiger partial charge in [0, 0.05) is 19.5 Å². The SMILES string of the molecule is CCOC(=O)C1CCCN(C(=O)NC(=O)CCC(=O)O)C1. The lowest BCUT2D eigenvalue weighted by molar-refractivity contribution is -0.149. The second-order valence-corrected chi connectivity index (χ2v) is 4.78. The van der Waals surface area contributed by atoms with E-state index in [-0.39, 0.29) is 37.9 Å². The maximum Gasteiger partial charge on any atom is 0.324 e. The van der Waals surface area contributed by atoms with Crippen LogP contribution in [0.5, 0.6) is 0 Å². The average Bonchev–Trinajstić information content (AvgIpc) is 2.45. The highest BCUT2D eigenvalue weighted by atomic mass is 16.5. The summed E-state index contributed by atoms with van der Waals surface area (Å²) in [6.07, 6.45) is 0.719. The minimum Gasteiger partial charge on any atom is -0.481 e. The van der Waals surface area contributed by atoms with Gasteiger partial charge in [-0.1, -0.05) is 0 Å². The predicted octanol–water partition coefficient (Wildman–Crippen LogP) is 0.362. The number of carbonyl (C=O) groups is 4. The third-order valence-corrected chi connectivity index (χ3v) is 3.14. The molecule has 118 valence electrons. The van der Waals surface area contributed by atoms with Gasteiger partial charge in [0.05, 0.1) is 18.9 Å². The van der Waals surface area contributed by atoms with Crippen LogP contribution in [0.25, 0.3) is 0 Å². The molecule has 1 aliphatic rings. The van der Waals surface area contributed by atoms with Crippen molar-refractivity contribution in [3.63, 3.8) is 0 Å². The van der Waals surface area contributed by atoms with E-state index in [4.69, 9.17) is 9.84 Å². The number of ether oxygens (including phenoxy) is 1. The summed E-state index contributed by atoms with van der Waals surface area (Å²) in [5.74, 6) is -2.45. The molecule has 1 heterocycles. The Morgan fingerprint density at radius 3 is 2.62 bits per heavy atom. The number of likely N-dealkylation sites (tertiary alicyclic amines) is 1. The number of esters is 1. The lowest BCUT2D eigenvalue weighted by Crippen LogP contribution is -2.48. The van der Waals surface area contributed by atoms with Crippen LogP contribution >= 0.6 is 0 Å². The Hall–Kier alpha value is -2.12. The van der Waals surface area contributed by atoms with E-state index >= 15 is 0 Å². The maximum absolute atomic E-state index is 11.9.